The second-order valence-electron chi connectivity index (χ2n) is 6.38. The quantitative estimate of drug-likeness (QED) is 0.841. The van der Waals surface area contributed by atoms with E-state index in [1.165, 1.54) is 0 Å². The monoisotopic (exact) mass is 278 g/mol. The summed E-state index contributed by atoms with van der Waals surface area (Å²) in [6.07, 6.45) is 1.85. The molecule has 1 atom stereocenters. The van der Waals surface area contributed by atoms with Crippen molar-refractivity contribution in [1.29, 1.82) is 0 Å². The molecule has 20 heavy (non-hydrogen) atoms. The maximum atomic E-state index is 6.20. The van der Waals surface area contributed by atoms with Gasteiger partial charge in [0.15, 0.2) is 0 Å². The van der Waals surface area contributed by atoms with Crippen LogP contribution in [-0.4, -0.2) is 37.7 Å². The lowest BCUT2D eigenvalue weighted by Gasteiger charge is -2.36. The van der Waals surface area contributed by atoms with E-state index in [0.29, 0.717) is 6.61 Å². The van der Waals surface area contributed by atoms with Gasteiger partial charge in [0.1, 0.15) is 17.1 Å². The average Bonchev–Trinajstić information content (AvgIpc) is 2.32. The van der Waals surface area contributed by atoms with Crippen LogP contribution >= 0.6 is 0 Å². The van der Waals surface area contributed by atoms with Gasteiger partial charge >= 0.3 is 0 Å². The first-order chi connectivity index (χ1) is 9.37. The highest BCUT2D eigenvalue weighted by Gasteiger charge is 2.31. The predicted molar refractivity (Wildman–Crippen MR) is 81.4 cm³/mol. The van der Waals surface area contributed by atoms with Gasteiger partial charge in [-0.05, 0) is 40.4 Å². The third kappa shape index (κ3) is 3.87. The van der Waals surface area contributed by atoms with Gasteiger partial charge in [0.2, 0.25) is 0 Å². The van der Waals surface area contributed by atoms with Crippen LogP contribution < -0.4 is 15.2 Å². The van der Waals surface area contributed by atoms with E-state index in [2.05, 4.69) is 32.8 Å². The molecule has 1 heterocycles. The summed E-state index contributed by atoms with van der Waals surface area (Å²) < 4.78 is 11.8. The molecule has 1 aliphatic heterocycles. The Balaban J connectivity index is 2.00. The van der Waals surface area contributed by atoms with E-state index in [1.807, 2.05) is 18.2 Å². The number of ether oxygens (including phenoxy) is 2. The number of rotatable bonds is 5. The zero-order valence-electron chi connectivity index (χ0n) is 13.0. The van der Waals surface area contributed by atoms with Gasteiger partial charge in [-0.15, -0.1) is 0 Å². The van der Waals surface area contributed by atoms with E-state index in [0.717, 1.165) is 36.4 Å². The van der Waals surface area contributed by atoms with E-state index >= 15 is 0 Å². The first-order valence-electron chi connectivity index (χ1n) is 7.23. The second-order valence-corrected chi connectivity index (χ2v) is 6.38. The van der Waals surface area contributed by atoms with Crippen LogP contribution in [0.1, 0.15) is 38.3 Å². The Bertz CT molecular complexity index is 458. The Kier molecular flexibility index (Phi) is 4.55. The summed E-state index contributed by atoms with van der Waals surface area (Å²) in [5.74, 6) is 1.71. The number of hydrogen-bond donors (Lipinski definition) is 1. The van der Waals surface area contributed by atoms with Crippen LogP contribution in [0.15, 0.2) is 18.2 Å². The molecule has 4 nitrogen and oxygen atoms in total. The van der Waals surface area contributed by atoms with Crippen LogP contribution in [0.2, 0.25) is 0 Å². The smallest absolute Gasteiger partial charge is 0.128 e. The van der Waals surface area contributed by atoms with E-state index in [1.54, 1.807) is 0 Å². The van der Waals surface area contributed by atoms with Crippen molar-refractivity contribution in [3.8, 4) is 11.5 Å². The van der Waals surface area contributed by atoms with Crippen molar-refractivity contribution in [1.82, 2.24) is 4.90 Å². The van der Waals surface area contributed by atoms with Gasteiger partial charge in [0.25, 0.3) is 0 Å². The van der Waals surface area contributed by atoms with Gasteiger partial charge in [-0.2, -0.15) is 0 Å². The predicted octanol–water partition coefficient (Wildman–Crippen LogP) is 2.58. The molecule has 0 amide bonds. The summed E-state index contributed by atoms with van der Waals surface area (Å²) in [5.41, 5.74) is 7.06. The number of hydrogen-bond acceptors (Lipinski definition) is 4. The molecular weight excluding hydrogens is 252 g/mol. The summed E-state index contributed by atoms with van der Waals surface area (Å²) in [6, 6.07) is 6.01. The minimum atomic E-state index is -0.212. The summed E-state index contributed by atoms with van der Waals surface area (Å²) in [4.78, 5) is 2.15. The molecule has 0 radical (unpaired) electrons. The maximum Gasteiger partial charge on any atom is 0.128 e. The third-order valence-corrected chi connectivity index (χ3v) is 3.50. The summed E-state index contributed by atoms with van der Waals surface area (Å²) >= 11 is 0. The molecule has 1 aromatic rings. The Morgan fingerprint density at radius 3 is 2.85 bits per heavy atom. The molecule has 4 heteroatoms. The summed E-state index contributed by atoms with van der Waals surface area (Å²) in [7, 11) is 4.13. The van der Waals surface area contributed by atoms with Crippen LogP contribution in [0.25, 0.3) is 0 Å². The van der Waals surface area contributed by atoms with Crippen LogP contribution in [0.3, 0.4) is 0 Å². The van der Waals surface area contributed by atoms with Gasteiger partial charge < -0.3 is 20.1 Å². The molecule has 1 unspecified atom stereocenters. The van der Waals surface area contributed by atoms with E-state index in [-0.39, 0.29) is 11.6 Å². The van der Waals surface area contributed by atoms with Crippen molar-refractivity contribution in [2.75, 3.05) is 27.2 Å². The highest BCUT2D eigenvalue weighted by atomic mass is 16.5. The Morgan fingerprint density at radius 1 is 1.40 bits per heavy atom. The third-order valence-electron chi connectivity index (χ3n) is 3.50. The largest absolute Gasteiger partial charge is 0.493 e. The van der Waals surface area contributed by atoms with E-state index in [4.69, 9.17) is 15.2 Å². The molecule has 1 aromatic carbocycles. The molecule has 112 valence electrons. The Hall–Kier alpha value is -1.26. The number of nitrogens with two attached hydrogens (primary N) is 1. The average molecular weight is 278 g/mol. The highest BCUT2D eigenvalue weighted by Crippen LogP contribution is 2.39. The van der Waals surface area contributed by atoms with Gasteiger partial charge in [-0.1, -0.05) is 6.07 Å². The van der Waals surface area contributed by atoms with Crippen molar-refractivity contribution < 1.29 is 9.47 Å². The fourth-order valence-corrected chi connectivity index (χ4v) is 2.55. The normalized spacial score (nSPS) is 20.4. The summed E-state index contributed by atoms with van der Waals surface area (Å²) in [6.45, 7) is 5.88. The molecule has 0 saturated carbocycles. The van der Waals surface area contributed by atoms with Crippen molar-refractivity contribution in [3.05, 3.63) is 23.8 Å². The lowest BCUT2D eigenvalue weighted by molar-refractivity contribution is 0.0724. The fourth-order valence-electron chi connectivity index (χ4n) is 2.55. The lowest BCUT2D eigenvalue weighted by atomic mass is 9.90. The number of nitrogens with zero attached hydrogens (tertiary/aromatic N) is 1. The van der Waals surface area contributed by atoms with Crippen molar-refractivity contribution in [3.63, 3.8) is 0 Å². The summed E-state index contributed by atoms with van der Waals surface area (Å²) in [5, 5.41) is 0. The van der Waals surface area contributed by atoms with Crippen molar-refractivity contribution in [2.24, 2.45) is 5.73 Å². The van der Waals surface area contributed by atoms with Gasteiger partial charge in [0.05, 0.1) is 6.61 Å². The first kappa shape index (κ1) is 15.1. The van der Waals surface area contributed by atoms with Crippen LogP contribution in [0.5, 0.6) is 11.5 Å². The molecule has 2 N–H and O–H groups in total. The Morgan fingerprint density at radius 2 is 2.15 bits per heavy atom. The molecule has 0 saturated heterocycles. The standard InChI is InChI=1S/C16H26N2O2/c1-16(2)11-14(17)13-7-6-12(10-15(13)20-16)19-9-5-8-18(3)4/h6-7,10,14H,5,8-9,11,17H2,1-4H3. The first-order valence-corrected chi connectivity index (χ1v) is 7.23. The van der Waals surface area contributed by atoms with E-state index in [9.17, 15) is 0 Å². The molecular formula is C16H26N2O2. The molecule has 0 spiro atoms. The van der Waals surface area contributed by atoms with Gasteiger partial charge in [-0.3, -0.25) is 0 Å². The van der Waals surface area contributed by atoms with Crippen LogP contribution in [0.4, 0.5) is 0 Å². The molecule has 0 bridgehead atoms. The zero-order valence-corrected chi connectivity index (χ0v) is 13.0. The maximum absolute atomic E-state index is 6.20. The molecule has 0 aromatic heterocycles. The Labute approximate surface area is 121 Å². The minimum absolute atomic E-state index is 0.0385. The fraction of sp³-hybridized carbons (Fsp3) is 0.625. The van der Waals surface area contributed by atoms with E-state index < -0.39 is 0 Å². The zero-order chi connectivity index (χ0) is 14.8. The van der Waals surface area contributed by atoms with Gasteiger partial charge in [-0.25, -0.2) is 0 Å². The minimum Gasteiger partial charge on any atom is -0.493 e. The number of fused-ring (bicyclic) bond motifs is 1. The molecule has 0 aliphatic carbocycles. The second kappa shape index (κ2) is 6.02. The highest BCUT2D eigenvalue weighted by molar-refractivity contribution is 5.44. The SMILES string of the molecule is CN(C)CCCOc1ccc2c(c1)OC(C)(C)CC2N. The van der Waals surface area contributed by atoms with Crippen LogP contribution in [0, 0.1) is 0 Å². The lowest BCUT2D eigenvalue weighted by Crippen LogP contribution is -2.37. The van der Waals surface area contributed by atoms with Crippen LogP contribution in [-0.2, 0) is 0 Å². The number of benzene rings is 1. The molecule has 0 fully saturated rings. The molecule has 2 rings (SSSR count). The topological polar surface area (TPSA) is 47.7 Å². The molecule has 1 aliphatic rings. The van der Waals surface area contributed by atoms with Gasteiger partial charge in [0, 0.05) is 30.6 Å². The van der Waals surface area contributed by atoms with Crippen molar-refractivity contribution in [2.45, 2.75) is 38.3 Å². The van der Waals surface area contributed by atoms with Crippen molar-refractivity contribution >= 4 is 0 Å².